The van der Waals surface area contributed by atoms with Crippen molar-refractivity contribution in [3.63, 3.8) is 0 Å². The van der Waals surface area contributed by atoms with E-state index in [1.165, 1.54) is 0 Å². The summed E-state index contributed by atoms with van der Waals surface area (Å²) >= 11 is 0. The molecular weight excluding hydrogens is 258 g/mol. The second-order valence-corrected chi connectivity index (χ2v) is 4.18. The lowest BCUT2D eigenvalue weighted by Crippen LogP contribution is -2.35. The Morgan fingerprint density at radius 2 is 1.72 bits per heavy atom. The molecule has 0 saturated heterocycles. The van der Waals surface area contributed by atoms with Gasteiger partial charge in [0.05, 0.1) is 17.7 Å². The van der Waals surface area contributed by atoms with Gasteiger partial charge in [-0.05, 0) is 5.57 Å². The maximum Gasteiger partial charge on any atom is 0.231 e. The molecule has 6 heteroatoms. The number of carbonyl (C=O) groups is 4. The van der Waals surface area contributed by atoms with E-state index in [1.54, 1.807) is 6.08 Å². The number of carbonyl (C=O) groups excluding carboxylic acids is 4. The fourth-order valence-corrected chi connectivity index (χ4v) is 2.24. The quantitative estimate of drug-likeness (QED) is 0.472. The van der Waals surface area contributed by atoms with Gasteiger partial charge in [0.1, 0.15) is 11.5 Å². The number of nitrogens with zero attached hydrogens (tertiary/aromatic N) is 1. The SMILES string of the molecule is Cl.O=C1CC=C2N=C3C(=O)CC(=O)C(=O)C3=C2C1. The second kappa shape index (κ2) is 4.10. The first-order chi connectivity index (χ1) is 8.08. The average Bonchev–Trinajstić information content (AvgIpc) is 2.65. The van der Waals surface area contributed by atoms with E-state index < -0.39 is 23.8 Å². The Kier molecular flexibility index (Phi) is 2.86. The van der Waals surface area contributed by atoms with E-state index in [-0.39, 0.29) is 42.3 Å². The van der Waals surface area contributed by atoms with Crippen LogP contribution in [-0.2, 0) is 19.2 Å². The van der Waals surface area contributed by atoms with Gasteiger partial charge in [0, 0.05) is 12.8 Å². The third-order valence-corrected chi connectivity index (χ3v) is 3.04. The van der Waals surface area contributed by atoms with E-state index in [0.717, 1.165) is 0 Å². The number of hydrogen-bond donors (Lipinski definition) is 0. The van der Waals surface area contributed by atoms with Crippen LogP contribution in [0.2, 0.25) is 0 Å². The number of hydrogen-bond acceptors (Lipinski definition) is 5. The standard InChI is InChI=1S/C12H7NO4.ClH/c14-5-1-2-7-6(3-5)10-11(13-7)8(15)4-9(16)12(10)17;/h2H,1,3-4H2;1H. The molecule has 0 bridgehead atoms. The lowest BCUT2D eigenvalue weighted by Gasteiger charge is -2.13. The Balaban J connectivity index is 0.00000120. The summed E-state index contributed by atoms with van der Waals surface area (Å²) in [7, 11) is 0. The number of fused-ring (bicyclic) bond motifs is 2. The van der Waals surface area contributed by atoms with Gasteiger partial charge in [-0.15, -0.1) is 12.4 Å². The molecule has 3 rings (SSSR count). The van der Waals surface area contributed by atoms with Crippen LogP contribution in [0.25, 0.3) is 0 Å². The summed E-state index contributed by atoms with van der Waals surface area (Å²) in [5.41, 5.74) is 1.07. The molecule has 1 aliphatic heterocycles. The third-order valence-electron chi connectivity index (χ3n) is 3.04. The highest BCUT2D eigenvalue weighted by Gasteiger charge is 2.42. The molecule has 0 spiro atoms. The largest absolute Gasteiger partial charge is 0.299 e. The first-order valence-corrected chi connectivity index (χ1v) is 5.23. The minimum atomic E-state index is -0.712. The van der Waals surface area contributed by atoms with E-state index in [9.17, 15) is 19.2 Å². The molecule has 0 aromatic heterocycles. The van der Waals surface area contributed by atoms with Crippen molar-refractivity contribution in [2.75, 3.05) is 0 Å². The predicted octanol–water partition coefficient (Wildman–Crippen LogP) is 0.517. The molecular formula is C12H8ClNO4. The topological polar surface area (TPSA) is 80.6 Å². The minimum absolute atomic E-state index is 0. The van der Waals surface area contributed by atoms with Crippen LogP contribution in [0.15, 0.2) is 27.9 Å². The van der Waals surface area contributed by atoms with Gasteiger partial charge in [-0.25, -0.2) is 4.99 Å². The van der Waals surface area contributed by atoms with Crippen molar-refractivity contribution in [1.29, 1.82) is 0 Å². The number of halogens is 1. The van der Waals surface area contributed by atoms with Crippen LogP contribution < -0.4 is 0 Å². The van der Waals surface area contributed by atoms with Crippen LogP contribution in [0.4, 0.5) is 0 Å². The van der Waals surface area contributed by atoms with Crippen molar-refractivity contribution in [3.05, 3.63) is 22.9 Å². The molecule has 1 fully saturated rings. The van der Waals surface area contributed by atoms with E-state index in [0.29, 0.717) is 11.3 Å². The normalized spacial score (nSPS) is 22.2. The molecule has 0 radical (unpaired) electrons. The average molecular weight is 266 g/mol. The number of ketones is 4. The third kappa shape index (κ3) is 1.59. The van der Waals surface area contributed by atoms with E-state index in [4.69, 9.17) is 0 Å². The van der Waals surface area contributed by atoms with Crippen LogP contribution >= 0.6 is 12.4 Å². The van der Waals surface area contributed by atoms with E-state index in [1.807, 2.05) is 0 Å². The molecule has 2 aliphatic carbocycles. The highest BCUT2D eigenvalue weighted by Crippen LogP contribution is 2.35. The van der Waals surface area contributed by atoms with Gasteiger partial charge in [-0.3, -0.25) is 19.2 Å². The van der Waals surface area contributed by atoms with Crippen molar-refractivity contribution >= 4 is 41.3 Å². The van der Waals surface area contributed by atoms with Crippen molar-refractivity contribution in [3.8, 4) is 0 Å². The van der Waals surface area contributed by atoms with Gasteiger partial charge in [0.15, 0.2) is 5.78 Å². The Bertz CT molecular complexity index is 610. The van der Waals surface area contributed by atoms with Gasteiger partial charge >= 0.3 is 0 Å². The zero-order valence-corrected chi connectivity index (χ0v) is 10.0. The molecule has 18 heavy (non-hydrogen) atoms. The van der Waals surface area contributed by atoms with Crippen LogP contribution in [0.1, 0.15) is 19.3 Å². The smallest absolute Gasteiger partial charge is 0.231 e. The molecule has 1 saturated carbocycles. The Hall–Kier alpha value is -1.88. The highest BCUT2D eigenvalue weighted by atomic mass is 35.5. The molecule has 3 aliphatic rings. The van der Waals surface area contributed by atoms with Crippen molar-refractivity contribution in [2.45, 2.75) is 19.3 Å². The number of Topliss-reactive ketones (excluding diaryl/α,β-unsaturated/α-hetero) is 4. The molecule has 0 aromatic rings. The van der Waals surface area contributed by atoms with Crippen LogP contribution in [0, 0.1) is 0 Å². The van der Waals surface area contributed by atoms with Gasteiger partial charge < -0.3 is 0 Å². The fraction of sp³-hybridized carbons (Fsp3) is 0.250. The maximum absolute atomic E-state index is 11.7. The summed E-state index contributed by atoms with van der Waals surface area (Å²) in [5.74, 6) is -1.86. The fourth-order valence-electron chi connectivity index (χ4n) is 2.24. The van der Waals surface area contributed by atoms with Gasteiger partial charge in [0.25, 0.3) is 0 Å². The number of rotatable bonds is 0. The minimum Gasteiger partial charge on any atom is -0.299 e. The highest BCUT2D eigenvalue weighted by molar-refractivity contribution is 6.69. The molecule has 5 nitrogen and oxygen atoms in total. The Morgan fingerprint density at radius 1 is 1.00 bits per heavy atom. The van der Waals surface area contributed by atoms with Gasteiger partial charge in [0.2, 0.25) is 11.6 Å². The van der Waals surface area contributed by atoms with Gasteiger partial charge in [-0.1, -0.05) is 6.08 Å². The van der Waals surface area contributed by atoms with Crippen molar-refractivity contribution in [2.24, 2.45) is 4.99 Å². The maximum atomic E-state index is 11.7. The summed E-state index contributed by atoms with van der Waals surface area (Å²) in [6.45, 7) is 0. The summed E-state index contributed by atoms with van der Waals surface area (Å²) in [6.07, 6.45) is 1.54. The summed E-state index contributed by atoms with van der Waals surface area (Å²) in [6, 6.07) is 0. The number of allylic oxidation sites excluding steroid dienone is 3. The second-order valence-electron chi connectivity index (χ2n) is 4.18. The van der Waals surface area contributed by atoms with Crippen molar-refractivity contribution < 1.29 is 19.2 Å². The first-order valence-electron chi connectivity index (χ1n) is 5.23. The first kappa shape index (κ1) is 12.6. The van der Waals surface area contributed by atoms with Crippen LogP contribution in [0.5, 0.6) is 0 Å². The molecule has 1 heterocycles. The number of aliphatic imine (C=N–C) groups is 1. The lowest BCUT2D eigenvalue weighted by atomic mass is 9.85. The molecule has 0 amide bonds. The van der Waals surface area contributed by atoms with Crippen LogP contribution in [0.3, 0.4) is 0 Å². The Labute approximate surface area is 108 Å². The molecule has 0 N–H and O–H groups in total. The molecule has 0 unspecified atom stereocenters. The Morgan fingerprint density at radius 3 is 2.44 bits per heavy atom. The predicted molar refractivity (Wildman–Crippen MR) is 63.7 cm³/mol. The molecule has 0 aromatic carbocycles. The zero-order chi connectivity index (χ0) is 12.2. The monoisotopic (exact) mass is 265 g/mol. The summed E-state index contributed by atoms with van der Waals surface area (Å²) < 4.78 is 0. The van der Waals surface area contributed by atoms with E-state index >= 15 is 0 Å². The van der Waals surface area contributed by atoms with Crippen LogP contribution in [-0.4, -0.2) is 28.8 Å². The summed E-state index contributed by atoms with van der Waals surface area (Å²) in [4.78, 5) is 50.1. The van der Waals surface area contributed by atoms with Gasteiger partial charge in [-0.2, -0.15) is 0 Å². The van der Waals surface area contributed by atoms with Crippen molar-refractivity contribution in [1.82, 2.24) is 0 Å². The summed E-state index contributed by atoms with van der Waals surface area (Å²) in [5, 5.41) is 0. The molecule has 92 valence electrons. The lowest BCUT2D eigenvalue weighted by molar-refractivity contribution is -0.136. The molecule has 0 atom stereocenters. The van der Waals surface area contributed by atoms with E-state index in [2.05, 4.69) is 4.99 Å². The zero-order valence-electron chi connectivity index (χ0n) is 9.19.